The van der Waals surface area contributed by atoms with Crippen LogP contribution in [-0.4, -0.2) is 34.5 Å². The van der Waals surface area contributed by atoms with Crippen LogP contribution < -0.4 is 15.2 Å². The number of benzene rings is 1. The lowest BCUT2D eigenvalue weighted by molar-refractivity contribution is 0.163. The second-order valence-electron chi connectivity index (χ2n) is 3.57. The number of hydrogen-bond acceptors (Lipinski definition) is 5. The summed E-state index contributed by atoms with van der Waals surface area (Å²) in [5.74, 6) is 0.420. The Bertz CT molecular complexity index is 488. The highest BCUT2D eigenvalue weighted by Gasteiger charge is 2.12. The molecule has 0 aliphatic heterocycles. The average molecular weight is 274 g/mol. The Morgan fingerprint density at radius 1 is 1.39 bits per heavy atom. The summed E-state index contributed by atoms with van der Waals surface area (Å²) in [5.41, 5.74) is 6.35. The van der Waals surface area contributed by atoms with Gasteiger partial charge in [0.1, 0.15) is 5.75 Å². The fraction of sp³-hybridized carbons (Fsp3) is 0.455. The molecule has 0 aliphatic rings. The van der Waals surface area contributed by atoms with Gasteiger partial charge in [0, 0.05) is 12.7 Å². The van der Waals surface area contributed by atoms with E-state index >= 15 is 0 Å². The molecule has 0 aliphatic carbocycles. The molecule has 0 saturated heterocycles. The SMILES string of the molecule is CCOCCS(=O)(=O)Nc1cc(OC)ccc1N. The van der Waals surface area contributed by atoms with Crippen LogP contribution in [0.1, 0.15) is 6.92 Å². The summed E-state index contributed by atoms with van der Waals surface area (Å²) in [7, 11) is -1.97. The molecular formula is C11H18N2O4S. The summed E-state index contributed by atoms with van der Waals surface area (Å²) in [6.45, 7) is 2.44. The third kappa shape index (κ3) is 4.42. The average Bonchev–Trinajstić information content (AvgIpc) is 2.32. The van der Waals surface area contributed by atoms with E-state index in [1.165, 1.54) is 13.2 Å². The van der Waals surface area contributed by atoms with Crippen LogP contribution in [0.25, 0.3) is 0 Å². The standard InChI is InChI=1S/C11H18N2O4S/c1-3-17-6-7-18(14,15)13-11-8-9(16-2)4-5-10(11)12/h4-5,8,13H,3,6-7,12H2,1-2H3. The van der Waals surface area contributed by atoms with Gasteiger partial charge in [-0.05, 0) is 19.1 Å². The van der Waals surface area contributed by atoms with Crippen LogP contribution in [0, 0.1) is 0 Å². The van der Waals surface area contributed by atoms with Gasteiger partial charge in [-0.3, -0.25) is 4.72 Å². The molecule has 1 aromatic carbocycles. The van der Waals surface area contributed by atoms with E-state index in [9.17, 15) is 8.42 Å². The van der Waals surface area contributed by atoms with E-state index < -0.39 is 10.0 Å². The zero-order valence-electron chi connectivity index (χ0n) is 10.5. The molecule has 0 unspecified atom stereocenters. The summed E-state index contributed by atoms with van der Waals surface area (Å²) in [4.78, 5) is 0. The Morgan fingerprint density at radius 3 is 2.72 bits per heavy atom. The molecule has 102 valence electrons. The Kier molecular flexibility index (Phi) is 5.24. The minimum atomic E-state index is -3.46. The number of hydrogen-bond donors (Lipinski definition) is 2. The van der Waals surface area contributed by atoms with Gasteiger partial charge in [-0.25, -0.2) is 8.42 Å². The van der Waals surface area contributed by atoms with E-state index in [4.69, 9.17) is 15.2 Å². The molecule has 0 aromatic heterocycles. The second kappa shape index (κ2) is 6.46. The quantitative estimate of drug-likeness (QED) is 0.573. The lowest BCUT2D eigenvalue weighted by atomic mass is 10.2. The summed E-state index contributed by atoms with van der Waals surface area (Å²) in [6.07, 6.45) is 0. The Balaban J connectivity index is 2.76. The first-order valence-corrected chi connectivity index (χ1v) is 7.15. The maximum atomic E-state index is 11.7. The van der Waals surface area contributed by atoms with Crippen molar-refractivity contribution in [3.05, 3.63) is 18.2 Å². The fourth-order valence-electron chi connectivity index (χ4n) is 1.28. The topological polar surface area (TPSA) is 90.7 Å². The number of ether oxygens (including phenoxy) is 2. The van der Waals surface area contributed by atoms with Crippen LogP contribution in [0.2, 0.25) is 0 Å². The van der Waals surface area contributed by atoms with Gasteiger partial charge in [-0.2, -0.15) is 0 Å². The van der Waals surface area contributed by atoms with Gasteiger partial charge in [-0.15, -0.1) is 0 Å². The van der Waals surface area contributed by atoms with E-state index in [1.54, 1.807) is 19.1 Å². The zero-order valence-corrected chi connectivity index (χ0v) is 11.3. The van der Waals surface area contributed by atoms with Crippen molar-refractivity contribution < 1.29 is 17.9 Å². The minimum absolute atomic E-state index is 0.114. The van der Waals surface area contributed by atoms with Gasteiger partial charge in [0.15, 0.2) is 0 Å². The van der Waals surface area contributed by atoms with E-state index in [0.29, 0.717) is 23.7 Å². The predicted molar refractivity (Wildman–Crippen MR) is 71.3 cm³/mol. The van der Waals surface area contributed by atoms with Gasteiger partial charge in [-0.1, -0.05) is 0 Å². The van der Waals surface area contributed by atoms with Crippen LogP contribution in [-0.2, 0) is 14.8 Å². The second-order valence-corrected chi connectivity index (χ2v) is 5.41. The molecule has 1 rings (SSSR count). The van der Waals surface area contributed by atoms with E-state index in [1.807, 2.05) is 0 Å². The third-order valence-corrected chi connectivity index (χ3v) is 3.46. The van der Waals surface area contributed by atoms with Crippen molar-refractivity contribution in [2.45, 2.75) is 6.92 Å². The first-order valence-electron chi connectivity index (χ1n) is 5.50. The molecule has 0 saturated carbocycles. The fourth-order valence-corrected chi connectivity index (χ4v) is 2.23. The van der Waals surface area contributed by atoms with Crippen LogP contribution in [0.3, 0.4) is 0 Å². The molecular weight excluding hydrogens is 256 g/mol. The maximum Gasteiger partial charge on any atom is 0.235 e. The highest BCUT2D eigenvalue weighted by Crippen LogP contribution is 2.25. The number of nitrogens with two attached hydrogens (primary N) is 1. The van der Waals surface area contributed by atoms with Crippen molar-refractivity contribution in [1.29, 1.82) is 0 Å². The molecule has 0 bridgehead atoms. The van der Waals surface area contributed by atoms with Gasteiger partial charge < -0.3 is 15.2 Å². The normalized spacial score (nSPS) is 11.2. The molecule has 0 spiro atoms. The molecule has 18 heavy (non-hydrogen) atoms. The number of methoxy groups -OCH3 is 1. The first-order chi connectivity index (χ1) is 8.48. The van der Waals surface area contributed by atoms with Crippen molar-refractivity contribution in [2.24, 2.45) is 0 Å². The number of sulfonamides is 1. The van der Waals surface area contributed by atoms with Crippen LogP contribution >= 0.6 is 0 Å². The van der Waals surface area contributed by atoms with Gasteiger partial charge in [0.05, 0.1) is 30.8 Å². The van der Waals surface area contributed by atoms with Gasteiger partial charge >= 0.3 is 0 Å². The van der Waals surface area contributed by atoms with Crippen LogP contribution in [0.5, 0.6) is 5.75 Å². The van der Waals surface area contributed by atoms with Gasteiger partial charge in [0.25, 0.3) is 0 Å². The van der Waals surface area contributed by atoms with E-state index in [2.05, 4.69) is 4.72 Å². The Morgan fingerprint density at radius 2 is 2.11 bits per heavy atom. The smallest absolute Gasteiger partial charge is 0.235 e. The lowest BCUT2D eigenvalue weighted by Gasteiger charge is -2.11. The zero-order chi connectivity index (χ0) is 13.6. The van der Waals surface area contributed by atoms with Crippen molar-refractivity contribution in [2.75, 3.05) is 36.5 Å². The molecule has 6 nitrogen and oxygen atoms in total. The molecule has 3 N–H and O–H groups in total. The largest absolute Gasteiger partial charge is 0.497 e. The molecule has 7 heteroatoms. The molecule has 0 heterocycles. The number of rotatable bonds is 7. The Labute approximate surface area is 107 Å². The molecule has 0 amide bonds. The number of anilines is 2. The van der Waals surface area contributed by atoms with E-state index in [-0.39, 0.29) is 12.4 Å². The summed E-state index contributed by atoms with van der Waals surface area (Å²) in [6, 6.07) is 4.78. The third-order valence-electron chi connectivity index (χ3n) is 2.23. The lowest BCUT2D eigenvalue weighted by Crippen LogP contribution is -2.20. The Hall–Kier alpha value is -1.47. The number of nitrogens with one attached hydrogen (secondary N) is 1. The summed E-state index contributed by atoms with van der Waals surface area (Å²) < 4.78 is 35.9. The molecule has 1 aromatic rings. The van der Waals surface area contributed by atoms with Crippen molar-refractivity contribution >= 4 is 21.4 Å². The summed E-state index contributed by atoms with van der Waals surface area (Å²) >= 11 is 0. The van der Waals surface area contributed by atoms with Gasteiger partial charge in [0.2, 0.25) is 10.0 Å². The molecule has 0 fully saturated rings. The van der Waals surface area contributed by atoms with Crippen molar-refractivity contribution in [1.82, 2.24) is 0 Å². The molecule has 0 radical (unpaired) electrons. The predicted octanol–water partition coefficient (Wildman–Crippen LogP) is 1.06. The minimum Gasteiger partial charge on any atom is -0.497 e. The first kappa shape index (κ1) is 14.6. The monoisotopic (exact) mass is 274 g/mol. The molecule has 0 atom stereocenters. The van der Waals surface area contributed by atoms with Crippen LogP contribution in [0.4, 0.5) is 11.4 Å². The van der Waals surface area contributed by atoms with E-state index in [0.717, 1.165) is 0 Å². The highest BCUT2D eigenvalue weighted by atomic mass is 32.2. The van der Waals surface area contributed by atoms with Crippen LogP contribution in [0.15, 0.2) is 18.2 Å². The van der Waals surface area contributed by atoms with Crippen molar-refractivity contribution in [3.63, 3.8) is 0 Å². The highest BCUT2D eigenvalue weighted by molar-refractivity contribution is 7.92. The summed E-state index contributed by atoms with van der Waals surface area (Å²) in [5, 5.41) is 0. The maximum absolute atomic E-state index is 11.7. The number of nitrogen functional groups attached to an aromatic ring is 1. The van der Waals surface area contributed by atoms with Crippen molar-refractivity contribution in [3.8, 4) is 5.75 Å².